The topological polar surface area (TPSA) is 62.2 Å². The molecule has 68 valence electrons. The number of nitrogens with zero attached hydrogens (tertiary/aromatic N) is 1. The Bertz CT molecular complexity index is 107. The third kappa shape index (κ3) is 3.13. The van der Waals surface area contributed by atoms with Crippen LogP contribution in [0.25, 0.3) is 0 Å². The fourth-order valence-corrected chi connectivity index (χ4v) is 0.601. The van der Waals surface area contributed by atoms with Gasteiger partial charge in [0.15, 0.2) is 0 Å². The van der Waals surface area contributed by atoms with Crippen LogP contribution in [0.15, 0.2) is 0 Å². The molecule has 0 aliphatic heterocycles. The zero-order valence-electron chi connectivity index (χ0n) is 7.07. The van der Waals surface area contributed by atoms with Crippen molar-refractivity contribution in [1.82, 2.24) is 5.06 Å². The molecule has 0 fully saturated rings. The van der Waals surface area contributed by atoms with Gasteiger partial charge in [-0.3, -0.25) is 0 Å². The van der Waals surface area contributed by atoms with Gasteiger partial charge in [0, 0.05) is 7.11 Å². The van der Waals surface area contributed by atoms with E-state index in [2.05, 4.69) is 4.99 Å². The molecule has 0 aromatic carbocycles. The van der Waals surface area contributed by atoms with E-state index in [-0.39, 0.29) is 13.2 Å². The molecule has 0 unspecified atom stereocenters. The molecule has 0 atom stereocenters. The summed E-state index contributed by atoms with van der Waals surface area (Å²) in [6, 6.07) is 0. The lowest BCUT2D eigenvalue weighted by Gasteiger charge is -2.32. The first-order valence-electron chi connectivity index (χ1n) is 3.33. The van der Waals surface area contributed by atoms with Gasteiger partial charge in [-0.05, 0) is 13.8 Å². The summed E-state index contributed by atoms with van der Waals surface area (Å²) < 4.78 is 4.97. The molecule has 0 bridgehead atoms. The van der Waals surface area contributed by atoms with Crippen LogP contribution in [0.5, 0.6) is 0 Å². The first kappa shape index (κ1) is 10.8. The Morgan fingerprint density at radius 1 is 1.45 bits per heavy atom. The van der Waals surface area contributed by atoms with E-state index >= 15 is 0 Å². The average Bonchev–Trinajstić information content (AvgIpc) is 2.00. The first-order valence-corrected chi connectivity index (χ1v) is 3.33. The minimum Gasteiger partial charge on any atom is -0.395 e. The average molecular weight is 165 g/mol. The lowest BCUT2D eigenvalue weighted by molar-refractivity contribution is -0.448. The smallest absolute Gasteiger partial charge is 0.141 e. The third-order valence-corrected chi connectivity index (χ3v) is 1.50. The minimum atomic E-state index is -0.739. The number of aliphatic hydroxyl groups is 1. The molecular formula is C6H15NO4. The molecule has 0 aromatic heterocycles. The Balaban J connectivity index is 3.99. The quantitative estimate of drug-likeness (QED) is 0.343. The summed E-state index contributed by atoms with van der Waals surface area (Å²) >= 11 is 0. The van der Waals surface area contributed by atoms with E-state index in [9.17, 15) is 0 Å². The Hall–Kier alpha value is -0.200. The van der Waals surface area contributed by atoms with Crippen LogP contribution in [0.1, 0.15) is 13.8 Å². The van der Waals surface area contributed by atoms with Crippen molar-refractivity contribution < 1.29 is 20.1 Å². The summed E-state index contributed by atoms with van der Waals surface area (Å²) in [5.74, 6) is 0. The van der Waals surface area contributed by atoms with E-state index in [4.69, 9.17) is 15.1 Å². The summed E-state index contributed by atoms with van der Waals surface area (Å²) in [4.78, 5) is 3.99. The molecule has 0 aliphatic carbocycles. The maximum absolute atomic E-state index is 8.54. The van der Waals surface area contributed by atoms with E-state index in [0.29, 0.717) is 0 Å². The highest BCUT2D eigenvalue weighted by Gasteiger charge is 2.26. The van der Waals surface area contributed by atoms with Crippen molar-refractivity contribution in [2.24, 2.45) is 0 Å². The van der Waals surface area contributed by atoms with Crippen molar-refractivity contribution in [3.05, 3.63) is 0 Å². The molecule has 0 aromatic rings. The van der Waals surface area contributed by atoms with Crippen LogP contribution in [0.3, 0.4) is 0 Å². The van der Waals surface area contributed by atoms with E-state index in [1.54, 1.807) is 13.8 Å². The van der Waals surface area contributed by atoms with Crippen molar-refractivity contribution >= 4 is 0 Å². The van der Waals surface area contributed by atoms with Gasteiger partial charge < -0.3 is 9.84 Å². The molecule has 0 radical (unpaired) electrons. The third-order valence-electron chi connectivity index (χ3n) is 1.50. The van der Waals surface area contributed by atoms with Crippen LogP contribution in [-0.2, 0) is 9.73 Å². The molecule has 0 amide bonds. The van der Waals surface area contributed by atoms with Crippen molar-refractivity contribution in [2.45, 2.75) is 19.6 Å². The number of hydrogen-bond donors (Lipinski definition) is 2. The summed E-state index contributed by atoms with van der Waals surface area (Å²) in [7, 11) is 1.49. The Morgan fingerprint density at radius 3 is 2.27 bits per heavy atom. The zero-order valence-corrected chi connectivity index (χ0v) is 7.07. The molecule has 5 heteroatoms. The first-order chi connectivity index (χ1) is 5.08. The normalized spacial score (nSPS) is 12.5. The van der Waals surface area contributed by atoms with Crippen LogP contribution < -0.4 is 0 Å². The van der Waals surface area contributed by atoms with Crippen molar-refractivity contribution in [2.75, 3.05) is 20.3 Å². The highest BCUT2D eigenvalue weighted by molar-refractivity contribution is 4.62. The second kappa shape index (κ2) is 4.63. The molecule has 0 saturated carbocycles. The van der Waals surface area contributed by atoms with Crippen molar-refractivity contribution in [3.8, 4) is 0 Å². The lowest BCUT2D eigenvalue weighted by atomic mass is 10.3. The number of aliphatic hydroxyl groups excluding tert-OH is 1. The van der Waals surface area contributed by atoms with Crippen LogP contribution in [-0.4, -0.2) is 41.4 Å². The summed E-state index contributed by atoms with van der Waals surface area (Å²) in [6.45, 7) is 3.50. The Labute approximate surface area is 66.0 Å². The van der Waals surface area contributed by atoms with Crippen LogP contribution in [0, 0.1) is 0 Å². The van der Waals surface area contributed by atoms with Gasteiger partial charge in [-0.1, -0.05) is 0 Å². The number of hydroxylamine groups is 2. The molecule has 5 nitrogen and oxygen atoms in total. The van der Waals surface area contributed by atoms with Gasteiger partial charge in [-0.2, -0.15) is 0 Å². The highest BCUT2D eigenvalue weighted by Crippen LogP contribution is 2.13. The van der Waals surface area contributed by atoms with E-state index in [0.717, 1.165) is 5.06 Å². The van der Waals surface area contributed by atoms with Gasteiger partial charge in [-0.15, -0.1) is 10.1 Å². The molecular weight excluding hydrogens is 150 g/mol. The van der Waals surface area contributed by atoms with Crippen LogP contribution in [0.2, 0.25) is 0 Å². The molecule has 0 rings (SSSR count). The largest absolute Gasteiger partial charge is 0.395 e. The number of methoxy groups -OCH3 is 1. The highest BCUT2D eigenvalue weighted by atomic mass is 17.2. The number of rotatable bonds is 5. The Morgan fingerprint density at radius 2 is 2.00 bits per heavy atom. The maximum atomic E-state index is 8.54. The van der Waals surface area contributed by atoms with E-state index < -0.39 is 5.72 Å². The molecule has 0 spiro atoms. The second-order valence-corrected chi connectivity index (χ2v) is 2.56. The summed E-state index contributed by atoms with van der Waals surface area (Å²) in [6.07, 6.45) is 0. The van der Waals surface area contributed by atoms with Crippen LogP contribution >= 0.6 is 0 Å². The summed E-state index contributed by atoms with van der Waals surface area (Å²) in [5, 5.41) is 18.0. The maximum Gasteiger partial charge on any atom is 0.141 e. The van der Waals surface area contributed by atoms with Gasteiger partial charge in [0.25, 0.3) is 0 Å². The van der Waals surface area contributed by atoms with Crippen molar-refractivity contribution in [1.29, 1.82) is 0 Å². The molecule has 0 heterocycles. The Kier molecular flexibility index (Phi) is 4.55. The predicted octanol–water partition coefficient (Wildman–Crippen LogP) is 0.0678. The lowest BCUT2D eigenvalue weighted by Crippen LogP contribution is -2.46. The minimum absolute atomic E-state index is 0.104. The zero-order chi connectivity index (χ0) is 8.91. The molecule has 2 N–H and O–H groups in total. The van der Waals surface area contributed by atoms with Crippen LogP contribution in [0.4, 0.5) is 0 Å². The van der Waals surface area contributed by atoms with E-state index in [1.807, 2.05) is 0 Å². The SMILES string of the molecule is COC(C)(C)N(CCO)OO. The molecule has 11 heavy (non-hydrogen) atoms. The second-order valence-electron chi connectivity index (χ2n) is 2.56. The van der Waals surface area contributed by atoms with Gasteiger partial charge in [0.2, 0.25) is 0 Å². The van der Waals surface area contributed by atoms with E-state index in [1.165, 1.54) is 7.11 Å². The monoisotopic (exact) mass is 165 g/mol. The standard InChI is InChI=1S/C6H15NO4/c1-6(2,10-3)7(11-9)4-5-8/h8-9H,4-5H2,1-3H3. The van der Waals surface area contributed by atoms with Gasteiger partial charge in [0.05, 0.1) is 13.2 Å². The van der Waals surface area contributed by atoms with Gasteiger partial charge in [-0.25, -0.2) is 5.26 Å². The predicted molar refractivity (Wildman–Crippen MR) is 38.6 cm³/mol. The number of ether oxygens (including phenoxy) is 1. The van der Waals surface area contributed by atoms with Gasteiger partial charge in [0.1, 0.15) is 5.72 Å². The number of hydrogen-bond acceptors (Lipinski definition) is 5. The van der Waals surface area contributed by atoms with Gasteiger partial charge >= 0.3 is 0 Å². The fourth-order valence-electron chi connectivity index (χ4n) is 0.601. The molecule has 0 aliphatic rings. The fraction of sp³-hybridized carbons (Fsp3) is 1.00. The summed E-state index contributed by atoms with van der Waals surface area (Å²) in [5.41, 5.74) is -0.739. The van der Waals surface area contributed by atoms with Crippen molar-refractivity contribution in [3.63, 3.8) is 0 Å². The molecule has 0 saturated heterocycles.